The number of hydrogen-bond acceptors (Lipinski definition) is 8. The number of ether oxygens (including phenoxy) is 4. The molecule has 9 nitrogen and oxygen atoms in total. The molecule has 2 aliphatic heterocycles. The molecule has 2 saturated heterocycles. The van der Waals surface area contributed by atoms with Crippen LogP contribution in [0.25, 0.3) is 0 Å². The summed E-state index contributed by atoms with van der Waals surface area (Å²) in [5.74, 6) is -1.89. The number of carboxylic acids is 1. The first kappa shape index (κ1) is 22.0. The zero-order valence-corrected chi connectivity index (χ0v) is 15.8. The lowest BCUT2D eigenvalue weighted by Gasteiger charge is -2.42. The second-order valence-electron chi connectivity index (χ2n) is 7.48. The minimum Gasteiger partial charge on any atom is -0.481 e. The highest BCUT2D eigenvalue weighted by Crippen LogP contribution is 2.30. The second-order valence-corrected chi connectivity index (χ2v) is 7.48. The number of carboxylic acid groups (broad SMARTS) is 1. The van der Waals surface area contributed by atoms with Crippen LogP contribution in [0.2, 0.25) is 0 Å². The van der Waals surface area contributed by atoms with E-state index in [9.17, 15) is 19.8 Å². The van der Waals surface area contributed by atoms with Gasteiger partial charge in [-0.3, -0.25) is 9.59 Å². The van der Waals surface area contributed by atoms with Gasteiger partial charge in [0.2, 0.25) is 6.29 Å². The number of carbonyl (C=O) groups is 2. The smallest absolute Gasteiger partial charge is 0.311 e. The van der Waals surface area contributed by atoms with Crippen molar-refractivity contribution < 1.29 is 43.9 Å². The van der Waals surface area contributed by atoms with Gasteiger partial charge in [-0.15, -0.1) is 0 Å². The molecule has 2 fully saturated rings. The largest absolute Gasteiger partial charge is 0.481 e. The van der Waals surface area contributed by atoms with Crippen molar-refractivity contribution in [1.29, 1.82) is 0 Å². The number of aliphatic hydroxyl groups is 2. The van der Waals surface area contributed by atoms with Crippen molar-refractivity contribution in [2.75, 3.05) is 19.8 Å². The molecule has 0 amide bonds. The summed E-state index contributed by atoms with van der Waals surface area (Å²) in [6.45, 7) is 3.42. The summed E-state index contributed by atoms with van der Waals surface area (Å²) >= 11 is 0. The first-order valence-electron chi connectivity index (χ1n) is 9.43. The molecule has 156 valence electrons. The third-order valence-corrected chi connectivity index (χ3v) is 4.79. The molecule has 0 bridgehead atoms. The number of fused-ring (bicyclic) bond motifs is 1. The summed E-state index contributed by atoms with van der Waals surface area (Å²) in [4.78, 5) is 23.3. The molecule has 0 aromatic rings. The number of rotatable bonds is 8. The van der Waals surface area contributed by atoms with Crippen molar-refractivity contribution in [2.24, 2.45) is 11.8 Å². The van der Waals surface area contributed by atoms with Gasteiger partial charge in [0.05, 0.1) is 19.8 Å². The molecule has 0 unspecified atom stereocenters. The Kier molecular flexibility index (Phi) is 8.43. The topological polar surface area (TPSA) is 132 Å². The molecule has 2 heterocycles. The first-order valence-corrected chi connectivity index (χ1v) is 9.43. The minimum absolute atomic E-state index is 0.151. The Morgan fingerprint density at radius 1 is 1.15 bits per heavy atom. The number of carbonyl (C=O) groups excluding carboxylic acids is 1. The van der Waals surface area contributed by atoms with Crippen LogP contribution in [-0.2, 0) is 28.5 Å². The second kappa shape index (κ2) is 10.3. The number of aliphatic hydroxyl groups excluding tert-OH is 2. The van der Waals surface area contributed by atoms with E-state index >= 15 is 0 Å². The fraction of sp³-hybridized carbons (Fsp3) is 0.889. The van der Waals surface area contributed by atoms with Gasteiger partial charge in [0.1, 0.15) is 30.3 Å². The van der Waals surface area contributed by atoms with Gasteiger partial charge < -0.3 is 34.3 Å². The van der Waals surface area contributed by atoms with Crippen LogP contribution in [-0.4, -0.2) is 77.8 Å². The third-order valence-electron chi connectivity index (χ3n) is 4.79. The standard InChI is InChI=1S/C18H30O9/c1-10(2)5-3-4-6-13(20)27-18-16-15(14(21)12(7-19)26-18)24-8-11(9-25-16)17(22)23/h10-12,14-16,18-19,21H,3-9H2,1-2H3,(H,22,23)/t11-,12-,14+,15+,16+,18+/m1/s1. The lowest BCUT2D eigenvalue weighted by Crippen LogP contribution is -2.60. The van der Waals surface area contributed by atoms with Gasteiger partial charge in [0.15, 0.2) is 0 Å². The quantitative estimate of drug-likeness (QED) is 0.396. The monoisotopic (exact) mass is 390 g/mol. The van der Waals surface area contributed by atoms with E-state index in [0.29, 0.717) is 12.3 Å². The molecular formula is C18H30O9. The Bertz CT molecular complexity index is 495. The summed E-state index contributed by atoms with van der Waals surface area (Å²) in [7, 11) is 0. The van der Waals surface area contributed by atoms with Crippen molar-refractivity contribution in [2.45, 2.75) is 70.2 Å². The van der Waals surface area contributed by atoms with Crippen molar-refractivity contribution in [3.05, 3.63) is 0 Å². The molecule has 0 radical (unpaired) electrons. The van der Waals surface area contributed by atoms with E-state index in [4.69, 9.17) is 24.1 Å². The normalized spacial score (nSPS) is 34.0. The molecule has 9 heteroatoms. The van der Waals surface area contributed by atoms with Gasteiger partial charge >= 0.3 is 11.9 Å². The van der Waals surface area contributed by atoms with Crippen LogP contribution < -0.4 is 0 Å². The SMILES string of the molecule is CC(C)CCCCC(=O)O[C@@H]1O[C@H](CO)[C@H](O)[C@@H]2OC[C@@H](C(=O)O)CO[C@H]12. The number of hydrogen-bond donors (Lipinski definition) is 3. The Hall–Kier alpha value is -1.26. The van der Waals surface area contributed by atoms with E-state index in [1.165, 1.54) is 0 Å². The van der Waals surface area contributed by atoms with Crippen LogP contribution in [0, 0.1) is 11.8 Å². The van der Waals surface area contributed by atoms with Gasteiger partial charge in [0, 0.05) is 6.42 Å². The number of unbranched alkanes of at least 4 members (excludes halogenated alkanes) is 1. The van der Waals surface area contributed by atoms with E-state index in [1.807, 2.05) is 0 Å². The maximum atomic E-state index is 12.1. The predicted octanol–water partition coefficient (Wildman–Crippen LogP) is 0.309. The summed E-state index contributed by atoms with van der Waals surface area (Å²) in [6, 6.07) is 0. The summed E-state index contributed by atoms with van der Waals surface area (Å²) in [5.41, 5.74) is 0. The Balaban J connectivity index is 1.98. The van der Waals surface area contributed by atoms with E-state index in [0.717, 1.165) is 12.8 Å². The molecule has 0 aromatic heterocycles. The van der Waals surface area contributed by atoms with E-state index in [-0.39, 0.29) is 19.6 Å². The maximum Gasteiger partial charge on any atom is 0.311 e. The predicted molar refractivity (Wildman–Crippen MR) is 91.8 cm³/mol. The molecule has 0 aromatic carbocycles. The first-order chi connectivity index (χ1) is 12.8. The van der Waals surface area contributed by atoms with Crippen molar-refractivity contribution in [1.82, 2.24) is 0 Å². The lowest BCUT2D eigenvalue weighted by atomic mass is 9.99. The lowest BCUT2D eigenvalue weighted by molar-refractivity contribution is -0.301. The van der Waals surface area contributed by atoms with E-state index in [1.54, 1.807) is 0 Å². The summed E-state index contributed by atoms with van der Waals surface area (Å²) in [5, 5.41) is 28.9. The summed E-state index contributed by atoms with van der Waals surface area (Å²) in [6.07, 6.45) is -2.53. The Morgan fingerprint density at radius 2 is 1.81 bits per heavy atom. The average molecular weight is 390 g/mol. The van der Waals surface area contributed by atoms with Crippen LogP contribution in [0.1, 0.15) is 39.5 Å². The zero-order valence-electron chi connectivity index (χ0n) is 15.8. The molecule has 3 N–H and O–H groups in total. The highest BCUT2D eigenvalue weighted by molar-refractivity contribution is 5.70. The zero-order chi connectivity index (χ0) is 20.0. The molecule has 2 aliphatic rings. The maximum absolute atomic E-state index is 12.1. The Morgan fingerprint density at radius 3 is 2.41 bits per heavy atom. The van der Waals surface area contributed by atoms with Crippen LogP contribution in [0.15, 0.2) is 0 Å². The van der Waals surface area contributed by atoms with Gasteiger partial charge in [-0.05, 0) is 12.3 Å². The fourth-order valence-corrected chi connectivity index (χ4v) is 3.16. The van der Waals surface area contributed by atoms with Gasteiger partial charge in [-0.25, -0.2) is 0 Å². The Labute approximate surface area is 158 Å². The van der Waals surface area contributed by atoms with E-state index in [2.05, 4.69) is 13.8 Å². The molecule has 0 aliphatic carbocycles. The number of esters is 1. The van der Waals surface area contributed by atoms with Gasteiger partial charge in [-0.1, -0.05) is 26.7 Å². The molecule has 0 spiro atoms. The van der Waals surface area contributed by atoms with E-state index < -0.39 is 55.2 Å². The molecule has 0 saturated carbocycles. The van der Waals surface area contributed by atoms with Crippen molar-refractivity contribution in [3.8, 4) is 0 Å². The fourth-order valence-electron chi connectivity index (χ4n) is 3.16. The highest BCUT2D eigenvalue weighted by Gasteiger charge is 2.50. The van der Waals surface area contributed by atoms with Crippen molar-refractivity contribution >= 4 is 11.9 Å². The van der Waals surface area contributed by atoms with Crippen LogP contribution in [0.4, 0.5) is 0 Å². The molecule has 27 heavy (non-hydrogen) atoms. The summed E-state index contributed by atoms with van der Waals surface area (Å²) < 4.78 is 21.9. The van der Waals surface area contributed by atoms with Crippen molar-refractivity contribution in [3.63, 3.8) is 0 Å². The average Bonchev–Trinajstić information content (AvgIpc) is 2.84. The molecular weight excluding hydrogens is 360 g/mol. The molecule has 6 atom stereocenters. The molecule has 2 rings (SSSR count). The van der Waals surface area contributed by atoms with Gasteiger partial charge in [-0.2, -0.15) is 0 Å². The van der Waals surface area contributed by atoms with Crippen LogP contribution in [0.3, 0.4) is 0 Å². The van der Waals surface area contributed by atoms with Crippen LogP contribution in [0.5, 0.6) is 0 Å². The highest BCUT2D eigenvalue weighted by atomic mass is 16.7. The minimum atomic E-state index is -1.23. The van der Waals surface area contributed by atoms with Gasteiger partial charge in [0.25, 0.3) is 0 Å². The third kappa shape index (κ3) is 6.11. The number of aliphatic carboxylic acids is 1. The van der Waals surface area contributed by atoms with Crippen LogP contribution >= 0.6 is 0 Å².